The highest BCUT2D eigenvalue weighted by atomic mass is 35.5. The fourth-order valence-corrected chi connectivity index (χ4v) is 1.50. The second-order valence-corrected chi connectivity index (χ2v) is 3.91. The van der Waals surface area contributed by atoms with E-state index in [9.17, 15) is 0 Å². The Hall–Kier alpha value is -1.71. The van der Waals surface area contributed by atoms with Crippen molar-refractivity contribution >= 4 is 11.6 Å². The van der Waals surface area contributed by atoms with Crippen molar-refractivity contribution in [3.8, 4) is 11.8 Å². The van der Waals surface area contributed by atoms with Crippen LogP contribution < -0.4 is 0 Å². The molecule has 0 aliphatic heterocycles. The van der Waals surface area contributed by atoms with Gasteiger partial charge in [-0.2, -0.15) is 0 Å². The average molecular weight is 227 g/mol. The van der Waals surface area contributed by atoms with Gasteiger partial charge in [-0.25, -0.2) is 0 Å². The zero-order chi connectivity index (χ0) is 11.2. The van der Waals surface area contributed by atoms with Gasteiger partial charge in [-0.3, -0.25) is 0 Å². The molecule has 2 aromatic rings. The lowest BCUT2D eigenvalue weighted by atomic mass is 10.1. The second kappa shape index (κ2) is 5.39. The number of hydrogen-bond acceptors (Lipinski definition) is 0. The van der Waals surface area contributed by atoms with Gasteiger partial charge in [-0.05, 0) is 29.8 Å². The Labute approximate surface area is 101 Å². The molecule has 0 aliphatic rings. The Morgan fingerprint density at radius 2 is 1.56 bits per heavy atom. The monoisotopic (exact) mass is 226 g/mol. The summed E-state index contributed by atoms with van der Waals surface area (Å²) in [5.41, 5.74) is 2.24. The molecule has 16 heavy (non-hydrogen) atoms. The van der Waals surface area contributed by atoms with Gasteiger partial charge < -0.3 is 0 Å². The Bertz CT molecular complexity index is 501. The van der Waals surface area contributed by atoms with E-state index in [0.717, 1.165) is 17.0 Å². The highest BCUT2D eigenvalue weighted by Crippen LogP contribution is 2.09. The molecule has 0 radical (unpaired) electrons. The van der Waals surface area contributed by atoms with Gasteiger partial charge in [0.05, 0.1) is 0 Å². The molecule has 0 saturated carbocycles. The molecular weight excluding hydrogens is 216 g/mol. The minimum Gasteiger partial charge on any atom is -0.0931 e. The van der Waals surface area contributed by atoms with E-state index in [1.54, 1.807) is 0 Å². The maximum atomic E-state index is 5.81. The number of benzene rings is 2. The number of rotatable bonds is 1. The van der Waals surface area contributed by atoms with Gasteiger partial charge >= 0.3 is 0 Å². The summed E-state index contributed by atoms with van der Waals surface area (Å²) in [6.07, 6.45) is 0.756. The van der Waals surface area contributed by atoms with Crippen LogP contribution in [0.2, 0.25) is 5.02 Å². The largest absolute Gasteiger partial charge is 0.0931 e. The van der Waals surface area contributed by atoms with Crippen molar-refractivity contribution in [2.24, 2.45) is 0 Å². The lowest BCUT2D eigenvalue weighted by molar-refractivity contribution is 1.32. The topological polar surface area (TPSA) is 0 Å². The van der Waals surface area contributed by atoms with E-state index in [0.29, 0.717) is 0 Å². The minimum atomic E-state index is 0.756. The molecule has 0 aromatic heterocycles. The SMILES string of the molecule is Clc1ccc(CC#Cc2ccccc2)cc1. The molecule has 0 fully saturated rings. The summed E-state index contributed by atoms with van der Waals surface area (Å²) in [7, 11) is 0. The number of hydrogen-bond donors (Lipinski definition) is 0. The zero-order valence-corrected chi connectivity index (χ0v) is 9.54. The Morgan fingerprint density at radius 3 is 2.25 bits per heavy atom. The summed E-state index contributed by atoms with van der Waals surface area (Å²) in [5, 5.41) is 0.764. The van der Waals surface area contributed by atoms with E-state index in [1.807, 2.05) is 54.6 Å². The van der Waals surface area contributed by atoms with Crippen LogP contribution in [-0.2, 0) is 6.42 Å². The van der Waals surface area contributed by atoms with Gasteiger partial charge in [0.25, 0.3) is 0 Å². The molecule has 0 unspecified atom stereocenters. The molecule has 0 saturated heterocycles. The Kier molecular flexibility index (Phi) is 3.64. The minimum absolute atomic E-state index is 0.756. The molecular formula is C15H11Cl. The lowest BCUT2D eigenvalue weighted by Crippen LogP contribution is -1.80. The molecule has 0 N–H and O–H groups in total. The summed E-state index contributed by atoms with van der Waals surface area (Å²) in [6.45, 7) is 0. The maximum Gasteiger partial charge on any atom is 0.0406 e. The molecule has 2 aromatic carbocycles. The van der Waals surface area contributed by atoms with Gasteiger partial charge in [0, 0.05) is 17.0 Å². The van der Waals surface area contributed by atoms with Crippen LogP contribution in [0.1, 0.15) is 11.1 Å². The van der Waals surface area contributed by atoms with Crippen molar-refractivity contribution in [3.05, 3.63) is 70.7 Å². The van der Waals surface area contributed by atoms with Gasteiger partial charge in [0.2, 0.25) is 0 Å². The van der Waals surface area contributed by atoms with Crippen LogP contribution in [0.15, 0.2) is 54.6 Å². The van der Waals surface area contributed by atoms with Gasteiger partial charge in [0.1, 0.15) is 0 Å². The summed E-state index contributed by atoms with van der Waals surface area (Å²) in [4.78, 5) is 0. The average Bonchev–Trinajstić information content (AvgIpc) is 2.33. The third kappa shape index (κ3) is 3.15. The van der Waals surface area contributed by atoms with Crippen molar-refractivity contribution in [3.63, 3.8) is 0 Å². The van der Waals surface area contributed by atoms with E-state index >= 15 is 0 Å². The number of halogens is 1. The van der Waals surface area contributed by atoms with Gasteiger partial charge in [0.15, 0.2) is 0 Å². The van der Waals surface area contributed by atoms with E-state index in [-0.39, 0.29) is 0 Å². The van der Waals surface area contributed by atoms with Crippen LogP contribution in [0, 0.1) is 11.8 Å². The molecule has 1 heteroatoms. The highest BCUT2D eigenvalue weighted by Gasteiger charge is 1.89. The van der Waals surface area contributed by atoms with Crippen molar-refractivity contribution < 1.29 is 0 Å². The third-order valence-electron chi connectivity index (χ3n) is 2.21. The summed E-state index contributed by atoms with van der Waals surface area (Å²) >= 11 is 5.81. The summed E-state index contributed by atoms with van der Waals surface area (Å²) in [5.74, 6) is 6.27. The van der Waals surface area contributed by atoms with Crippen LogP contribution >= 0.6 is 11.6 Å². The molecule has 78 valence electrons. The summed E-state index contributed by atoms with van der Waals surface area (Å²) in [6, 6.07) is 17.8. The van der Waals surface area contributed by atoms with Crippen molar-refractivity contribution in [1.29, 1.82) is 0 Å². The van der Waals surface area contributed by atoms with E-state index < -0.39 is 0 Å². The van der Waals surface area contributed by atoms with Crippen molar-refractivity contribution in [1.82, 2.24) is 0 Å². The quantitative estimate of drug-likeness (QED) is 0.647. The first-order valence-corrected chi connectivity index (χ1v) is 5.51. The van der Waals surface area contributed by atoms with Crippen molar-refractivity contribution in [2.75, 3.05) is 0 Å². The third-order valence-corrected chi connectivity index (χ3v) is 2.46. The van der Waals surface area contributed by atoms with Crippen LogP contribution in [0.3, 0.4) is 0 Å². The summed E-state index contributed by atoms with van der Waals surface area (Å²) < 4.78 is 0. The zero-order valence-electron chi connectivity index (χ0n) is 8.78. The molecule has 0 amide bonds. The normalized spacial score (nSPS) is 9.31. The Morgan fingerprint density at radius 1 is 0.875 bits per heavy atom. The fraction of sp³-hybridized carbons (Fsp3) is 0.0667. The highest BCUT2D eigenvalue weighted by molar-refractivity contribution is 6.30. The molecule has 0 aliphatic carbocycles. The molecule has 0 spiro atoms. The molecule has 2 rings (SSSR count). The van der Waals surface area contributed by atoms with E-state index in [4.69, 9.17) is 11.6 Å². The van der Waals surface area contributed by atoms with Crippen LogP contribution in [0.4, 0.5) is 0 Å². The first kappa shape index (κ1) is 10.8. The van der Waals surface area contributed by atoms with Crippen LogP contribution in [0.5, 0.6) is 0 Å². The van der Waals surface area contributed by atoms with Crippen molar-refractivity contribution in [2.45, 2.75) is 6.42 Å². The molecule has 0 nitrogen and oxygen atoms in total. The molecule has 0 bridgehead atoms. The van der Waals surface area contributed by atoms with Crippen LogP contribution in [-0.4, -0.2) is 0 Å². The molecule has 0 heterocycles. The fourth-order valence-electron chi connectivity index (χ4n) is 1.37. The smallest absolute Gasteiger partial charge is 0.0406 e. The van der Waals surface area contributed by atoms with Crippen LogP contribution in [0.25, 0.3) is 0 Å². The van der Waals surface area contributed by atoms with E-state index in [1.165, 1.54) is 5.56 Å². The lowest BCUT2D eigenvalue weighted by Gasteiger charge is -1.94. The predicted octanol–water partition coefficient (Wildman–Crippen LogP) is 3.93. The first-order valence-electron chi connectivity index (χ1n) is 5.13. The van der Waals surface area contributed by atoms with E-state index in [2.05, 4.69) is 11.8 Å². The Balaban J connectivity index is 2.03. The standard InChI is InChI=1S/C15H11Cl/c16-15-11-9-14(10-12-15)8-4-7-13-5-2-1-3-6-13/h1-3,5-6,9-12H,8H2. The molecule has 0 atom stereocenters. The predicted molar refractivity (Wildman–Crippen MR) is 68.5 cm³/mol. The van der Waals surface area contributed by atoms with Gasteiger partial charge in [-0.15, -0.1) is 0 Å². The first-order chi connectivity index (χ1) is 7.84. The second-order valence-electron chi connectivity index (χ2n) is 3.47. The van der Waals surface area contributed by atoms with Gasteiger partial charge in [-0.1, -0.05) is 53.8 Å². The maximum absolute atomic E-state index is 5.81.